The Bertz CT molecular complexity index is 551. The van der Waals surface area contributed by atoms with Gasteiger partial charge in [0.05, 0.1) is 6.04 Å². The molecule has 0 radical (unpaired) electrons. The molecule has 2 fully saturated rings. The Labute approximate surface area is 143 Å². The quantitative estimate of drug-likeness (QED) is 0.796. The molecule has 1 aromatic carbocycles. The van der Waals surface area contributed by atoms with Crippen molar-refractivity contribution >= 4 is 33.6 Å². The van der Waals surface area contributed by atoms with Crippen molar-refractivity contribution < 1.29 is 9.18 Å². The molecule has 0 spiro atoms. The van der Waals surface area contributed by atoms with Gasteiger partial charge in [0.25, 0.3) is 0 Å². The summed E-state index contributed by atoms with van der Waals surface area (Å²) in [5.74, 6) is 2.12. The standard InChI is InChI=1S/C16H20BrFN2OS/c17-14-10-13(18)4-3-12(14)11-20-5-1-2-15(20)16(21)19-6-8-22-9-7-19/h3-4,10,15H,1-2,5-9,11H2. The molecule has 0 aromatic heterocycles. The first-order valence-corrected chi connectivity index (χ1v) is 9.64. The molecule has 1 aromatic rings. The normalized spacial score (nSPS) is 23.0. The average molecular weight is 387 g/mol. The Hall–Kier alpha value is -0.590. The van der Waals surface area contributed by atoms with Crippen molar-refractivity contribution in [3.8, 4) is 0 Å². The fourth-order valence-corrected chi connectivity index (χ4v) is 4.54. The van der Waals surface area contributed by atoms with E-state index in [0.717, 1.165) is 54.0 Å². The fraction of sp³-hybridized carbons (Fsp3) is 0.562. The van der Waals surface area contributed by atoms with Crippen molar-refractivity contribution in [2.75, 3.05) is 31.1 Å². The Balaban J connectivity index is 1.68. The van der Waals surface area contributed by atoms with Crippen LogP contribution in [0.2, 0.25) is 0 Å². The van der Waals surface area contributed by atoms with Gasteiger partial charge in [0, 0.05) is 35.6 Å². The number of likely N-dealkylation sites (tertiary alicyclic amines) is 1. The highest BCUT2D eigenvalue weighted by Gasteiger charge is 2.34. The number of benzene rings is 1. The highest BCUT2D eigenvalue weighted by molar-refractivity contribution is 9.10. The fourth-order valence-electron chi connectivity index (χ4n) is 3.16. The number of thioether (sulfide) groups is 1. The number of halogens is 2. The first-order valence-electron chi connectivity index (χ1n) is 7.69. The first-order chi connectivity index (χ1) is 10.6. The predicted octanol–water partition coefficient (Wildman–Crippen LogP) is 3.13. The number of carbonyl (C=O) groups excluding carboxylic acids is 1. The third-order valence-electron chi connectivity index (χ3n) is 4.36. The lowest BCUT2D eigenvalue weighted by atomic mass is 10.1. The highest BCUT2D eigenvalue weighted by Crippen LogP contribution is 2.26. The maximum Gasteiger partial charge on any atom is 0.239 e. The number of hydrogen-bond donors (Lipinski definition) is 0. The Kier molecular flexibility index (Phi) is 5.42. The molecule has 3 rings (SSSR count). The van der Waals surface area contributed by atoms with E-state index in [4.69, 9.17) is 0 Å². The topological polar surface area (TPSA) is 23.6 Å². The summed E-state index contributed by atoms with van der Waals surface area (Å²) in [5.41, 5.74) is 1.04. The lowest BCUT2D eigenvalue weighted by molar-refractivity contribution is -0.135. The number of hydrogen-bond acceptors (Lipinski definition) is 3. The van der Waals surface area contributed by atoms with Gasteiger partial charge in [-0.15, -0.1) is 0 Å². The van der Waals surface area contributed by atoms with Gasteiger partial charge in [0.15, 0.2) is 0 Å². The van der Waals surface area contributed by atoms with E-state index in [1.54, 1.807) is 6.07 Å². The van der Waals surface area contributed by atoms with E-state index in [9.17, 15) is 9.18 Å². The molecular formula is C16H20BrFN2OS. The second-order valence-corrected chi connectivity index (χ2v) is 7.88. The second-order valence-electron chi connectivity index (χ2n) is 5.80. The molecule has 22 heavy (non-hydrogen) atoms. The first kappa shape index (κ1) is 16.3. The maximum atomic E-state index is 13.2. The monoisotopic (exact) mass is 386 g/mol. The molecule has 2 heterocycles. The SMILES string of the molecule is O=C(C1CCCN1Cc1ccc(F)cc1Br)N1CCSCC1. The minimum atomic E-state index is -0.240. The maximum absolute atomic E-state index is 13.2. The Morgan fingerprint density at radius 2 is 2.09 bits per heavy atom. The van der Waals surface area contributed by atoms with Crippen molar-refractivity contribution in [1.82, 2.24) is 9.80 Å². The number of amides is 1. The molecule has 1 unspecified atom stereocenters. The molecule has 1 atom stereocenters. The van der Waals surface area contributed by atoms with E-state index < -0.39 is 0 Å². The molecule has 0 bridgehead atoms. The van der Waals surface area contributed by atoms with Gasteiger partial charge in [-0.1, -0.05) is 22.0 Å². The summed E-state index contributed by atoms with van der Waals surface area (Å²) in [6, 6.07) is 4.76. The van der Waals surface area contributed by atoms with Crippen molar-refractivity contribution in [2.45, 2.75) is 25.4 Å². The molecule has 1 amide bonds. The van der Waals surface area contributed by atoms with Crippen LogP contribution in [0.4, 0.5) is 4.39 Å². The van der Waals surface area contributed by atoms with Crippen molar-refractivity contribution in [2.24, 2.45) is 0 Å². The van der Waals surface area contributed by atoms with Crippen LogP contribution in [0.15, 0.2) is 22.7 Å². The number of nitrogens with zero attached hydrogens (tertiary/aromatic N) is 2. The molecular weight excluding hydrogens is 367 g/mol. The summed E-state index contributed by atoms with van der Waals surface area (Å²) in [6.45, 7) is 3.37. The van der Waals surface area contributed by atoms with E-state index in [1.165, 1.54) is 12.1 Å². The molecule has 0 aliphatic carbocycles. The average Bonchev–Trinajstić information content (AvgIpc) is 2.98. The van der Waals surface area contributed by atoms with Gasteiger partial charge in [-0.25, -0.2) is 4.39 Å². The lowest BCUT2D eigenvalue weighted by Gasteiger charge is -2.32. The zero-order chi connectivity index (χ0) is 15.5. The van der Waals surface area contributed by atoms with Crippen LogP contribution in [-0.4, -0.2) is 52.9 Å². The minimum absolute atomic E-state index is 0.0138. The van der Waals surface area contributed by atoms with E-state index in [1.807, 2.05) is 16.7 Å². The largest absolute Gasteiger partial charge is 0.340 e. The van der Waals surface area contributed by atoms with E-state index in [2.05, 4.69) is 20.8 Å². The zero-order valence-electron chi connectivity index (χ0n) is 12.4. The predicted molar refractivity (Wildman–Crippen MR) is 91.4 cm³/mol. The van der Waals surface area contributed by atoms with E-state index in [-0.39, 0.29) is 17.8 Å². The van der Waals surface area contributed by atoms with Crippen LogP contribution in [0.5, 0.6) is 0 Å². The van der Waals surface area contributed by atoms with Crippen LogP contribution in [-0.2, 0) is 11.3 Å². The summed E-state index contributed by atoms with van der Waals surface area (Å²) in [7, 11) is 0. The summed E-state index contributed by atoms with van der Waals surface area (Å²) in [5, 5.41) is 0. The zero-order valence-corrected chi connectivity index (χ0v) is 14.8. The van der Waals surface area contributed by atoms with Crippen molar-refractivity contribution in [3.63, 3.8) is 0 Å². The molecule has 0 N–H and O–H groups in total. The van der Waals surface area contributed by atoms with Crippen LogP contribution >= 0.6 is 27.7 Å². The van der Waals surface area contributed by atoms with Gasteiger partial charge in [-0.3, -0.25) is 9.69 Å². The molecule has 6 heteroatoms. The molecule has 3 nitrogen and oxygen atoms in total. The highest BCUT2D eigenvalue weighted by atomic mass is 79.9. The third kappa shape index (κ3) is 3.66. The second kappa shape index (κ2) is 7.32. The molecule has 2 saturated heterocycles. The Morgan fingerprint density at radius 3 is 2.82 bits per heavy atom. The van der Waals surface area contributed by atoms with Crippen LogP contribution < -0.4 is 0 Å². The van der Waals surface area contributed by atoms with Gasteiger partial charge in [0.1, 0.15) is 5.82 Å². The third-order valence-corrected chi connectivity index (χ3v) is 6.04. The smallest absolute Gasteiger partial charge is 0.239 e. The number of rotatable bonds is 3. The molecule has 0 saturated carbocycles. The molecule has 2 aliphatic heterocycles. The summed E-state index contributed by atoms with van der Waals surface area (Å²) >= 11 is 5.34. The van der Waals surface area contributed by atoms with E-state index in [0.29, 0.717) is 6.54 Å². The summed E-state index contributed by atoms with van der Waals surface area (Å²) < 4.78 is 14.0. The summed E-state index contributed by atoms with van der Waals surface area (Å²) in [4.78, 5) is 17.0. The van der Waals surface area contributed by atoms with Crippen molar-refractivity contribution in [1.29, 1.82) is 0 Å². The number of carbonyl (C=O) groups is 1. The van der Waals surface area contributed by atoms with Gasteiger partial charge in [-0.2, -0.15) is 11.8 Å². The van der Waals surface area contributed by atoms with Gasteiger partial charge in [-0.05, 0) is 37.1 Å². The lowest BCUT2D eigenvalue weighted by Crippen LogP contribution is -2.48. The molecule has 120 valence electrons. The Morgan fingerprint density at radius 1 is 1.32 bits per heavy atom. The van der Waals surface area contributed by atoms with E-state index >= 15 is 0 Å². The van der Waals surface area contributed by atoms with Gasteiger partial charge in [0.2, 0.25) is 5.91 Å². The van der Waals surface area contributed by atoms with Crippen LogP contribution in [0.3, 0.4) is 0 Å². The minimum Gasteiger partial charge on any atom is -0.340 e. The van der Waals surface area contributed by atoms with Gasteiger partial charge < -0.3 is 4.90 Å². The van der Waals surface area contributed by atoms with Gasteiger partial charge >= 0.3 is 0 Å². The van der Waals surface area contributed by atoms with Crippen LogP contribution in [0, 0.1) is 5.82 Å². The molecule has 2 aliphatic rings. The van der Waals surface area contributed by atoms with Crippen molar-refractivity contribution in [3.05, 3.63) is 34.1 Å². The summed E-state index contributed by atoms with van der Waals surface area (Å²) in [6.07, 6.45) is 1.99. The van der Waals surface area contributed by atoms with Crippen LogP contribution in [0.25, 0.3) is 0 Å². The van der Waals surface area contributed by atoms with Crippen LogP contribution in [0.1, 0.15) is 18.4 Å².